The predicted octanol–water partition coefficient (Wildman–Crippen LogP) is 1.07. The Labute approximate surface area is 119 Å². The Balaban J connectivity index is 2.14. The monoisotopic (exact) mass is 278 g/mol. The van der Waals surface area contributed by atoms with Gasteiger partial charge in [-0.3, -0.25) is 4.79 Å². The van der Waals surface area contributed by atoms with Crippen LogP contribution in [0.25, 0.3) is 0 Å². The number of carbonyl (C=O) groups is 1. The van der Waals surface area contributed by atoms with Gasteiger partial charge in [-0.05, 0) is 25.1 Å². The summed E-state index contributed by atoms with van der Waals surface area (Å²) in [5, 5.41) is 3.27. The molecular weight excluding hydrogens is 256 g/mol. The Morgan fingerprint density at radius 2 is 2.00 bits per heavy atom. The van der Waals surface area contributed by atoms with Gasteiger partial charge in [0.05, 0.1) is 20.6 Å². The summed E-state index contributed by atoms with van der Waals surface area (Å²) in [5.74, 6) is 1.47. The number of nitrogens with one attached hydrogen (secondary N) is 1. The first-order valence-corrected chi connectivity index (χ1v) is 6.83. The maximum atomic E-state index is 12.4. The minimum Gasteiger partial charge on any atom is -0.496 e. The quantitative estimate of drug-likeness (QED) is 0.875. The fourth-order valence-electron chi connectivity index (χ4n) is 2.55. The summed E-state index contributed by atoms with van der Waals surface area (Å²) >= 11 is 0. The second kappa shape index (κ2) is 6.61. The molecule has 20 heavy (non-hydrogen) atoms. The van der Waals surface area contributed by atoms with Gasteiger partial charge in [0, 0.05) is 25.2 Å². The zero-order chi connectivity index (χ0) is 14.5. The van der Waals surface area contributed by atoms with Crippen LogP contribution in [-0.2, 0) is 11.2 Å². The summed E-state index contributed by atoms with van der Waals surface area (Å²) in [5.41, 5.74) is 0.806. The molecule has 1 heterocycles. The molecule has 1 aliphatic heterocycles. The second-order valence-corrected chi connectivity index (χ2v) is 4.97. The van der Waals surface area contributed by atoms with Gasteiger partial charge >= 0.3 is 0 Å². The van der Waals surface area contributed by atoms with Crippen molar-refractivity contribution in [1.82, 2.24) is 10.2 Å². The third-order valence-corrected chi connectivity index (χ3v) is 3.83. The van der Waals surface area contributed by atoms with Crippen molar-refractivity contribution in [2.24, 2.45) is 0 Å². The summed E-state index contributed by atoms with van der Waals surface area (Å²) < 4.78 is 10.7. The van der Waals surface area contributed by atoms with Crippen LogP contribution in [0.1, 0.15) is 12.0 Å². The van der Waals surface area contributed by atoms with E-state index in [4.69, 9.17) is 9.47 Å². The maximum absolute atomic E-state index is 12.4. The van der Waals surface area contributed by atoms with Gasteiger partial charge in [0.2, 0.25) is 5.91 Å². The summed E-state index contributed by atoms with van der Waals surface area (Å²) in [7, 11) is 5.07. The van der Waals surface area contributed by atoms with Crippen LogP contribution < -0.4 is 14.8 Å². The van der Waals surface area contributed by atoms with Gasteiger partial charge in [-0.25, -0.2) is 0 Å². The molecule has 1 amide bonds. The summed E-state index contributed by atoms with van der Waals surface area (Å²) in [4.78, 5) is 14.2. The molecule has 5 nitrogen and oxygen atoms in total. The molecule has 0 unspecified atom stereocenters. The summed E-state index contributed by atoms with van der Waals surface area (Å²) in [6, 6.07) is 5.84. The molecule has 1 saturated heterocycles. The topological polar surface area (TPSA) is 50.8 Å². The SMILES string of the molecule is COc1cccc(OC)c1CC(=O)N(C)[C@@H]1CCNC1. The molecule has 1 atom stereocenters. The molecule has 1 N–H and O–H groups in total. The zero-order valence-corrected chi connectivity index (χ0v) is 12.3. The molecule has 110 valence electrons. The molecule has 1 aromatic rings. The van der Waals surface area contributed by atoms with Crippen molar-refractivity contribution < 1.29 is 14.3 Å². The van der Waals surface area contributed by atoms with Crippen LogP contribution in [0.2, 0.25) is 0 Å². The minimum absolute atomic E-state index is 0.0847. The first-order valence-electron chi connectivity index (χ1n) is 6.83. The standard InChI is InChI=1S/C15H22N2O3/c1-17(11-7-8-16-10-11)15(18)9-12-13(19-2)5-4-6-14(12)20-3/h4-6,11,16H,7-10H2,1-3H3/t11-/m1/s1. The van der Waals surface area contributed by atoms with Gasteiger partial charge in [0.25, 0.3) is 0 Å². The van der Waals surface area contributed by atoms with Crippen molar-refractivity contribution >= 4 is 5.91 Å². The average Bonchev–Trinajstić information content (AvgIpc) is 3.00. The van der Waals surface area contributed by atoms with Crippen LogP contribution in [0.3, 0.4) is 0 Å². The molecule has 0 radical (unpaired) electrons. The lowest BCUT2D eigenvalue weighted by Crippen LogP contribution is -2.39. The van der Waals surface area contributed by atoms with E-state index in [9.17, 15) is 4.79 Å². The fraction of sp³-hybridized carbons (Fsp3) is 0.533. The summed E-state index contributed by atoms with van der Waals surface area (Å²) in [6.07, 6.45) is 1.30. The van der Waals surface area contributed by atoms with Crippen molar-refractivity contribution in [3.05, 3.63) is 23.8 Å². The molecule has 5 heteroatoms. The number of rotatable bonds is 5. The molecule has 1 fully saturated rings. The van der Waals surface area contributed by atoms with Crippen LogP contribution in [0.5, 0.6) is 11.5 Å². The van der Waals surface area contributed by atoms with Gasteiger partial charge in [-0.1, -0.05) is 6.07 Å². The molecule has 1 aromatic carbocycles. The highest BCUT2D eigenvalue weighted by molar-refractivity contribution is 5.80. The maximum Gasteiger partial charge on any atom is 0.227 e. The Kier molecular flexibility index (Phi) is 4.84. The van der Waals surface area contributed by atoms with Crippen molar-refractivity contribution in [3.63, 3.8) is 0 Å². The Bertz CT molecular complexity index is 448. The van der Waals surface area contributed by atoms with Crippen LogP contribution in [0, 0.1) is 0 Å². The van der Waals surface area contributed by atoms with E-state index in [1.807, 2.05) is 30.1 Å². The fourth-order valence-corrected chi connectivity index (χ4v) is 2.55. The molecule has 1 aliphatic rings. The average molecular weight is 278 g/mol. The van der Waals surface area contributed by atoms with Crippen molar-refractivity contribution in [2.45, 2.75) is 18.9 Å². The lowest BCUT2D eigenvalue weighted by Gasteiger charge is -2.24. The third-order valence-electron chi connectivity index (χ3n) is 3.83. The highest BCUT2D eigenvalue weighted by Gasteiger charge is 2.24. The van der Waals surface area contributed by atoms with E-state index < -0.39 is 0 Å². The van der Waals surface area contributed by atoms with Gasteiger partial charge in [-0.2, -0.15) is 0 Å². The normalized spacial score (nSPS) is 17.9. The number of methoxy groups -OCH3 is 2. The molecule has 0 saturated carbocycles. The lowest BCUT2D eigenvalue weighted by atomic mass is 10.1. The number of ether oxygens (including phenoxy) is 2. The molecule has 0 aliphatic carbocycles. The first-order chi connectivity index (χ1) is 9.67. The smallest absolute Gasteiger partial charge is 0.227 e. The first kappa shape index (κ1) is 14.7. The van der Waals surface area contributed by atoms with E-state index in [0.717, 1.165) is 25.1 Å². The highest BCUT2D eigenvalue weighted by atomic mass is 16.5. The highest BCUT2D eigenvalue weighted by Crippen LogP contribution is 2.29. The number of hydrogen-bond donors (Lipinski definition) is 1. The van der Waals surface area contributed by atoms with E-state index in [1.54, 1.807) is 14.2 Å². The van der Waals surface area contributed by atoms with Crippen LogP contribution in [0.15, 0.2) is 18.2 Å². The summed E-state index contributed by atoms with van der Waals surface area (Å²) in [6.45, 7) is 1.84. The van der Waals surface area contributed by atoms with Gasteiger partial charge in [0.1, 0.15) is 11.5 Å². The number of hydrogen-bond acceptors (Lipinski definition) is 4. The van der Waals surface area contributed by atoms with Crippen molar-refractivity contribution in [2.75, 3.05) is 34.4 Å². The van der Waals surface area contributed by atoms with Gasteiger partial charge in [-0.15, -0.1) is 0 Å². The lowest BCUT2D eigenvalue weighted by molar-refractivity contribution is -0.130. The van der Waals surface area contributed by atoms with Crippen LogP contribution >= 0.6 is 0 Å². The molecule has 0 aromatic heterocycles. The third kappa shape index (κ3) is 3.04. The van der Waals surface area contributed by atoms with E-state index in [1.165, 1.54) is 0 Å². The van der Waals surface area contributed by atoms with E-state index in [-0.39, 0.29) is 11.9 Å². The van der Waals surface area contributed by atoms with Gasteiger partial charge < -0.3 is 19.7 Å². The largest absolute Gasteiger partial charge is 0.496 e. The Morgan fingerprint density at radius 1 is 1.35 bits per heavy atom. The molecule has 2 rings (SSSR count). The van der Waals surface area contributed by atoms with Crippen LogP contribution in [-0.4, -0.2) is 51.2 Å². The van der Waals surface area contributed by atoms with E-state index in [0.29, 0.717) is 17.9 Å². The Morgan fingerprint density at radius 3 is 2.50 bits per heavy atom. The minimum atomic E-state index is 0.0847. The molecule has 0 spiro atoms. The predicted molar refractivity (Wildman–Crippen MR) is 77.3 cm³/mol. The number of nitrogens with zero attached hydrogens (tertiary/aromatic N) is 1. The second-order valence-electron chi connectivity index (χ2n) is 4.97. The number of likely N-dealkylation sites (N-methyl/N-ethyl adjacent to an activating group) is 1. The number of benzene rings is 1. The van der Waals surface area contributed by atoms with E-state index >= 15 is 0 Å². The van der Waals surface area contributed by atoms with E-state index in [2.05, 4.69) is 5.32 Å². The molecular formula is C15H22N2O3. The van der Waals surface area contributed by atoms with Gasteiger partial charge in [0.15, 0.2) is 0 Å². The number of carbonyl (C=O) groups excluding carboxylic acids is 1. The number of amides is 1. The van der Waals surface area contributed by atoms with Crippen molar-refractivity contribution in [3.8, 4) is 11.5 Å². The van der Waals surface area contributed by atoms with Crippen molar-refractivity contribution in [1.29, 1.82) is 0 Å². The van der Waals surface area contributed by atoms with Crippen LogP contribution in [0.4, 0.5) is 0 Å². The Hall–Kier alpha value is -1.75. The zero-order valence-electron chi connectivity index (χ0n) is 12.3. The molecule has 0 bridgehead atoms.